The van der Waals surface area contributed by atoms with E-state index >= 15 is 0 Å². The number of para-hydroxylation sites is 2. The van der Waals surface area contributed by atoms with Crippen molar-refractivity contribution >= 4 is 28.8 Å². The molecule has 0 aliphatic carbocycles. The summed E-state index contributed by atoms with van der Waals surface area (Å²) in [6, 6.07) is 13.2. The highest BCUT2D eigenvalue weighted by Crippen LogP contribution is 2.40. The van der Waals surface area contributed by atoms with E-state index in [1.807, 2.05) is 34.9 Å². The van der Waals surface area contributed by atoms with Gasteiger partial charge in [0.15, 0.2) is 17.1 Å². The van der Waals surface area contributed by atoms with E-state index in [2.05, 4.69) is 6.07 Å². The smallest absolute Gasteiger partial charge is 0.420 e. The Kier molecular flexibility index (Phi) is 4.71. The minimum atomic E-state index is -0.498. The first kappa shape index (κ1) is 18.2. The topological polar surface area (TPSA) is 73.9 Å². The number of amides is 1. The molecular formula is C21H20N2O5S. The average Bonchev–Trinajstić information content (AvgIpc) is 3.23. The van der Waals surface area contributed by atoms with E-state index in [-0.39, 0.29) is 19.2 Å². The summed E-state index contributed by atoms with van der Waals surface area (Å²) < 4.78 is 17.5. The molecule has 1 fully saturated rings. The summed E-state index contributed by atoms with van der Waals surface area (Å²) >= 11 is 1.84. The van der Waals surface area contributed by atoms with Crippen molar-refractivity contribution in [3.63, 3.8) is 0 Å². The van der Waals surface area contributed by atoms with Gasteiger partial charge in [0.2, 0.25) is 12.7 Å². The molecule has 7 nitrogen and oxygen atoms in total. The lowest BCUT2D eigenvalue weighted by Gasteiger charge is -2.20. The summed E-state index contributed by atoms with van der Waals surface area (Å²) in [6.45, 7) is 1.57. The fraction of sp³-hybridized carbons (Fsp3) is 0.333. The number of hydrogen-bond acceptors (Lipinski definition) is 6. The maximum Gasteiger partial charge on any atom is 0.420 e. The van der Waals surface area contributed by atoms with Crippen LogP contribution in [0.2, 0.25) is 0 Å². The highest BCUT2D eigenvalue weighted by molar-refractivity contribution is 7.99. The minimum absolute atomic E-state index is 0.00476. The number of oxazole rings is 1. The zero-order chi connectivity index (χ0) is 19.8. The molecule has 2 aliphatic heterocycles. The van der Waals surface area contributed by atoms with Crippen LogP contribution in [-0.2, 0) is 11.3 Å². The van der Waals surface area contributed by atoms with Crippen molar-refractivity contribution in [1.29, 1.82) is 0 Å². The molecule has 3 heterocycles. The van der Waals surface area contributed by atoms with Gasteiger partial charge in [0, 0.05) is 24.1 Å². The van der Waals surface area contributed by atoms with Gasteiger partial charge in [-0.3, -0.25) is 9.36 Å². The maximum absolute atomic E-state index is 12.9. The van der Waals surface area contributed by atoms with E-state index in [9.17, 15) is 9.59 Å². The van der Waals surface area contributed by atoms with Crippen molar-refractivity contribution in [1.82, 2.24) is 9.47 Å². The molecule has 150 valence electrons. The minimum Gasteiger partial charge on any atom is -0.454 e. The Morgan fingerprint density at radius 1 is 1.10 bits per heavy atom. The number of thioether (sulfide) groups is 1. The van der Waals surface area contributed by atoms with Crippen molar-refractivity contribution in [2.75, 3.05) is 25.6 Å². The van der Waals surface area contributed by atoms with Crippen LogP contribution in [0.5, 0.6) is 11.5 Å². The standard InChI is InChI=1S/C21H20N2O5S/c24-20(12-23-15-3-1-2-4-16(15)28-21(23)25)22-8-7-19(29-10-9-22)14-5-6-17-18(11-14)27-13-26-17/h1-6,11,19H,7-10,12-13H2/t19-/m0/s1. The van der Waals surface area contributed by atoms with Gasteiger partial charge in [0.25, 0.3) is 0 Å². The first-order valence-corrected chi connectivity index (χ1v) is 10.6. The van der Waals surface area contributed by atoms with E-state index in [4.69, 9.17) is 13.9 Å². The second-order valence-corrected chi connectivity index (χ2v) is 8.37. The van der Waals surface area contributed by atoms with Gasteiger partial charge < -0.3 is 18.8 Å². The maximum atomic E-state index is 12.9. The van der Waals surface area contributed by atoms with Crippen LogP contribution >= 0.6 is 11.8 Å². The second kappa shape index (κ2) is 7.51. The second-order valence-electron chi connectivity index (χ2n) is 7.06. The molecule has 1 amide bonds. The number of ether oxygens (including phenoxy) is 2. The van der Waals surface area contributed by atoms with Gasteiger partial charge in [-0.1, -0.05) is 18.2 Å². The average molecular weight is 412 g/mol. The van der Waals surface area contributed by atoms with Crippen LogP contribution in [-0.4, -0.2) is 41.0 Å². The molecular weight excluding hydrogens is 392 g/mol. The Hall–Kier alpha value is -2.87. The Morgan fingerprint density at radius 2 is 1.97 bits per heavy atom. The third kappa shape index (κ3) is 3.48. The Balaban J connectivity index is 1.28. The lowest BCUT2D eigenvalue weighted by Crippen LogP contribution is -2.37. The molecule has 0 saturated carbocycles. The molecule has 0 bridgehead atoms. The van der Waals surface area contributed by atoms with Crippen molar-refractivity contribution in [3.05, 3.63) is 58.6 Å². The molecule has 0 N–H and O–H groups in total. The molecule has 2 aromatic carbocycles. The van der Waals surface area contributed by atoms with Crippen molar-refractivity contribution in [3.8, 4) is 11.5 Å². The third-order valence-corrected chi connectivity index (χ3v) is 6.66. The number of fused-ring (bicyclic) bond motifs is 2. The molecule has 0 unspecified atom stereocenters. The summed E-state index contributed by atoms with van der Waals surface area (Å²) in [6.07, 6.45) is 0.844. The lowest BCUT2D eigenvalue weighted by molar-refractivity contribution is -0.131. The van der Waals surface area contributed by atoms with Crippen LogP contribution in [0, 0.1) is 0 Å². The Morgan fingerprint density at radius 3 is 2.90 bits per heavy atom. The first-order valence-electron chi connectivity index (χ1n) is 9.56. The van der Waals surface area contributed by atoms with Crippen LogP contribution in [0.3, 0.4) is 0 Å². The van der Waals surface area contributed by atoms with E-state index in [0.717, 1.165) is 23.7 Å². The molecule has 8 heteroatoms. The number of nitrogens with zero attached hydrogens (tertiary/aromatic N) is 2. The summed E-state index contributed by atoms with van der Waals surface area (Å²) in [5.74, 6) is 1.84. The third-order valence-electron chi connectivity index (χ3n) is 5.33. The number of benzene rings is 2. The van der Waals surface area contributed by atoms with Crippen LogP contribution < -0.4 is 15.2 Å². The largest absolute Gasteiger partial charge is 0.454 e. The van der Waals surface area contributed by atoms with E-state index in [1.165, 1.54) is 10.1 Å². The van der Waals surface area contributed by atoms with Crippen molar-refractivity contribution in [2.24, 2.45) is 0 Å². The SMILES string of the molecule is O=C(Cn1c(=O)oc2ccccc21)N1CCS[C@H](c2ccc3c(c2)OCO3)CC1. The van der Waals surface area contributed by atoms with Gasteiger partial charge in [0.05, 0.1) is 5.52 Å². The Bertz CT molecular complexity index is 1120. The number of carbonyl (C=O) groups is 1. The molecule has 1 aromatic heterocycles. The summed E-state index contributed by atoms with van der Waals surface area (Å²) in [5, 5.41) is 0.291. The van der Waals surface area contributed by atoms with Gasteiger partial charge in [-0.25, -0.2) is 4.79 Å². The molecule has 1 saturated heterocycles. The van der Waals surface area contributed by atoms with Gasteiger partial charge >= 0.3 is 5.76 Å². The van der Waals surface area contributed by atoms with Crippen LogP contribution in [0.1, 0.15) is 17.2 Å². The number of rotatable bonds is 3. The summed E-state index contributed by atoms with van der Waals surface area (Å²) in [7, 11) is 0. The molecule has 2 aliphatic rings. The highest BCUT2D eigenvalue weighted by Gasteiger charge is 2.25. The fourth-order valence-electron chi connectivity index (χ4n) is 3.80. The lowest BCUT2D eigenvalue weighted by atomic mass is 10.1. The van der Waals surface area contributed by atoms with E-state index in [0.29, 0.717) is 29.4 Å². The Labute approximate surface area is 171 Å². The summed E-state index contributed by atoms with van der Waals surface area (Å²) in [4.78, 5) is 26.9. The number of aromatic nitrogens is 1. The first-order chi connectivity index (χ1) is 14.2. The molecule has 3 aromatic rings. The van der Waals surface area contributed by atoms with E-state index in [1.54, 1.807) is 18.2 Å². The van der Waals surface area contributed by atoms with Crippen molar-refractivity contribution in [2.45, 2.75) is 18.2 Å². The zero-order valence-electron chi connectivity index (χ0n) is 15.7. The molecule has 0 spiro atoms. The van der Waals surface area contributed by atoms with Gasteiger partial charge in [-0.2, -0.15) is 11.8 Å². The van der Waals surface area contributed by atoms with Gasteiger partial charge in [-0.05, 0) is 36.2 Å². The van der Waals surface area contributed by atoms with Crippen LogP contribution in [0.4, 0.5) is 0 Å². The van der Waals surface area contributed by atoms with Crippen molar-refractivity contribution < 1.29 is 18.7 Å². The normalized spacial score (nSPS) is 18.8. The molecule has 5 rings (SSSR count). The monoisotopic (exact) mass is 412 g/mol. The van der Waals surface area contributed by atoms with Crippen LogP contribution in [0.15, 0.2) is 51.7 Å². The highest BCUT2D eigenvalue weighted by atomic mass is 32.2. The zero-order valence-corrected chi connectivity index (χ0v) is 16.5. The molecule has 29 heavy (non-hydrogen) atoms. The quantitative estimate of drug-likeness (QED) is 0.658. The number of hydrogen-bond donors (Lipinski definition) is 0. The fourth-order valence-corrected chi connectivity index (χ4v) is 5.02. The van der Waals surface area contributed by atoms with Gasteiger partial charge in [-0.15, -0.1) is 0 Å². The van der Waals surface area contributed by atoms with E-state index < -0.39 is 5.76 Å². The molecule has 1 atom stereocenters. The predicted molar refractivity (Wildman–Crippen MR) is 109 cm³/mol. The number of carbonyl (C=O) groups excluding carboxylic acids is 1. The summed E-state index contributed by atoms with van der Waals surface area (Å²) in [5.41, 5.74) is 2.33. The van der Waals surface area contributed by atoms with Crippen LogP contribution in [0.25, 0.3) is 11.1 Å². The van der Waals surface area contributed by atoms with Gasteiger partial charge in [0.1, 0.15) is 6.54 Å². The molecule has 0 radical (unpaired) electrons. The predicted octanol–water partition coefficient (Wildman–Crippen LogP) is 3.03.